The molecule has 6 heteroatoms. The van der Waals surface area contributed by atoms with Gasteiger partial charge in [-0.3, -0.25) is 0 Å². The van der Waals surface area contributed by atoms with Crippen molar-refractivity contribution in [3.8, 4) is 0 Å². The van der Waals surface area contributed by atoms with Crippen LogP contribution in [0.5, 0.6) is 0 Å². The molecule has 0 amide bonds. The molecule has 0 aromatic carbocycles. The number of ether oxygens (including phenoxy) is 3. The summed E-state index contributed by atoms with van der Waals surface area (Å²) in [6, 6.07) is 0. The summed E-state index contributed by atoms with van der Waals surface area (Å²) in [7, 11) is 2.15. The Hall–Kier alpha value is -0.240. The average molecular weight is 304 g/mol. The van der Waals surface area contributed by atoms with Gasteiger partial charge in [0.05, 0.1) is 46.2 Å². The molecule has 1 heterocycles. The molecule has 1 N–H and O–H groups in total. The van der Waals surface area contributed by atoms with Gasteiger partial charge < -0.3 is 29.1 Å². The van der Waals surface area contributed by atoms with Gasteiger partial charge in [-0.2, -0.15) is 0 Å². The first-order valence-electron chi connectivity index (χ1n) is 8.08. The molecule has 1 fully saturated rings. The predicted octanol–water partition coefficient (Wildman–Crippen LogP) is 0.0561. The van der Waals surface area contributed by atoms with E-state index in [0.717, 1.165) is 19.7 Å². The van der Waals surface area contributed by atoms with Crippen LogP contribution in [-0.4, -0.2) is 101 Å². The van der Waals surface area contributed by atoms with Crippen molar-refractivity contribution < 1.29 is 19.3 Å². The first-order valence-corrected chi connectivity index (χ1v) is 8.08. The molecule has 1 aliphatic rings. The highest BCUT2D eigenvalue weighted by atomic mass is 16.5. The first kappa shape index (κ1) is 18.8. The Bertz CT molecular complexity index is 226. The summed E-state index contributed by atoms with van der Waals surface area (Å²) < 4.78 is 16.0. The van der Waals surface area contributed by atoms with Crippen LogP contribution in [0.1, 0.15) is 12.8 Å². The van der Waals surface area contributed by atoms with E-state index in [-0.39, 0.29) is 6.61 Å². The lowest BCUT2D eigenvalue weighted by molar-refractivity contribution is 0.00524. The molecule has 0 bridgehead atoms. The third kappa shape index (κ3) is 11.0. The number of hydrogen-bond donors (Lipinski definition) is 1. The molecule has 0 unspecified atom stereocenters. The van der Waals surface area contributed by atoms with Crippen molar-refractivity contribution in [3.63, 3.8) is 0 Å². The zero-order chi connectivity index (χ0) is 15.2. The Labute approximate surface area is 128 Å². The molecule has 0 aromatic heterocycles. The number of hydrogen-bond acceptors (Lipinski definition) is 6. The van der Waals surface area contributed by atoms with E-state index in [1.807, 2.05) is 0 Å². The van der Waals surface area contributed by atoms with Crippen LogP contribution in [-0.2, 0) is 14.2 Å². The standard InChI is InChI=1S/C15H32N2O4/c1-16(6-7-17-4-2-3-5-17)8-10-19-12-14-21-15-13-20-11-9-18/h18H,2-15H2,1H3. The van der Waals surface area contributed by atoms with Crippen LogP contribution < -0.4 is 0 Å². The molecule has 21 heavy (non-hydrogen) atoms. The second kappa shape index (κ2) is 13.4. The van der Waals surface area contributed by atoms with Gasteiger partial charge in [-0.25, -0.2) is 0 Å². The Kier molecular flexibility index (Phi) is 12.0. The lowest BCUT2D eigenvalue weighted by Crippen LogP contribution is -2.33. The lowest BCUT2D eigenvalue weighted by atomic mass is 10.4. The fourth-order valence-corrected chi connectivity index (χ4v) is 2.26. The minimum atomic E-state index is 0.0639. The molecule has 0 atom stereocenters. The molecule has 0 radical (unpaired) electrons. The fraction of sp³-hybridized carbons (Fsp3) is 1.00. The van der Waals surface area contributed by atoms with Crippen LogP contribution in [0.2, 0.25) is 0 Å². The number of likely N-dealkylation sites (N-methyl/N-ethyl adjacent to an activating group) is 1. The van der Waals surface area contributed by atoms with Crippen molar-refractivity contribution in [2.75, 3.05) is 86.0 Å². The van der Waals surface area contributed by atoms with E-state index in [1.54, 1.807) is 0 Å². The van der Waals surface area contributed by atoms with Gasteiger partial charge in [0.25, 0.3) is 0 Å². The Morgan fingerprint density at radius 2 is 1.43 bits per heavy atom. The van der Waals surface area contributed by atoms with Crippen molar-refractivity contribution in [2.45, 2.75) is 12.8 Å². The van der Waals surface area contributed by atoms with E-state index in [9.17, 15) is 0 Å². The molecule has 0 aliphatic carbocycles. The van der Waals surface area contributed by atoms with E-state index in [1.165, 1.54) is 32.5 Å². The summed E-state index contributed by atoms with van der Waals surface area (Å²) in [4.78, 5) is 4.85. The third-order valence-electron chi connectivity index (χ3n) is 3.59. The molecule has 1 aliphatic heterocycles. The van der Waals surface area contributed by atoms with Crippen LogP contribution in [0.25, 0.3) is 0 Å². The maximum absolute atomic E-state index is 8.52. The minimum Gasteiger partial charge on any atom is -0.394 e. The summed E-state index contributed by atoms with van der Waals surface area (Å²) in [5.41, 5.74) is 0. The van der Waals surface area contributed by atoms with Crippen LogP contribution in [0, 0.1) is 0 Å². The number of likely N-dealkylation sites (tertiary alicyclic amines) is 1. The van der Waals surface area contributed by atoms with E-state index in [0.29, 0.717) is 33.0 Å². The first-order chi connectivity index (χ1) is 10.3. The van der Waals surface area contributed by atoms with Gasteiger partial charge in [0.15, 0.2) is 0 Å². The Balaban J connectivity index is 1.76. The summed E-state index contributed by atoms with van der Waals surface area (Å²) in [5.74, 6) is 0. The van der Waals surface area contributed by atoms with Crippen LogP contribution in [0.4, 0.5) is 0 Å². The molecule has 0 saturated carbocycles. The molecule has 1 rings (SSSR count). The second-order valence-electron chi connectivity index (χ2n) is 5.41. The number of rotatable bonds is 14. The quantitative estimate of drug-likeness (QED) is 0.458. The number of aliphatic hydroxyl groups excluding tert-OH is 1. The maximum Gasteiger partial charge on any atom is 0.0701 e. The summed E-state index contributed by atoms with van der Waals surface area (Å²) >= 11 is 0. The monoisotopic (exact) mass is 304 g/mol. The smallest absolute Gasteiger partial charge is 0.0701 e. The maximum atomic E-state index is 8.52. The number of aliphatic hydroxyl groups is 1. The van der Waals surface area contributed by atoms with Gasteiger partial charge in [0.2, 0.25) is 0 Å². The molecule has 6 nitrogen and oxygen atoms in total. The number of nitrogens with zero attached hydrogens (tertiary/aromatic N) is 2. The van der Waals surface area contributed by atoms with Crippen LogP contribution in [0.3, 0.4) is 0 Å². The fourth-order valence-electron chi connectivity index (χ4n) is 2.26. The highest BCUT2D eigenvalue weighted by Gasteiger charge is 2.11. The zero-order valence-electron chi connectivity index (χ0n) is 13.5. The summed E-state index contributed by atoms with van der Waals surface area (Å²) in [6.45, 7) is 9.29. The van der Waals surface area contributed by atoms with Crippen molar-refractivity contribution in [1.82, 2.24) is 9.80 Å². The van der Waals surface area contributed by atoms with Crippen LogP contribution in [0.15, 0.2) is 0 Å². The highest BCUT2D eigenvalue weighted by molar-refractivity contribution is 4.67. The van der Waals surface area contributed by atoms with Crippen molar-refractivity contribution in [3.05, 3.63) is 0 Å². The van der Waals surface area contributed by atoms with Crippen molar-refractivity contribution >= 4 is 0 Å². The molecule has 1 saturated heterocycles. The lowest BCUT2D eigenvalue weighted by Gasteiger charge is -2.21. The molecular formula is C15H32N2O4. The van der Waals surface area contributed by atoms with E-state index in [4.69, 9.17) is 19.3 Å². The predicted molar refractivity (Wildman–Crippen MR) is 82.7 cm³/mol. The van der Waals surface area contributed by atoms with Gasteiger partial charge >= 0.3 is 0 Å². The van der Waals surface area contributed by atoms with Gasteiger partial charge in [-0.15, -0.1) is 0 Å². The normalized spacial score (nSPS) is 16.1. The van der Waals surface area contributed by atoms with Crippen molar-refractivity contribution in [1.29, 1.82) is 0 Å². The highest BCUT2D eigenvalue weighted by Crippen LogP contribution is 2.06. The van der Waals surface area contributed by atoms with Crippen molar-refractivity contribution in [2.24, 2.45) is 0 Å². The minimum absolute atomic E-state index is 0.0639. The zero-order valence-corrected chi connectivity index (χ0v) is 13.5. The largest absolute Gasteiger partial charge is 0.394 e. The van der Waals surface area contributed by atoms with Gasteiger partial charge in [0, 0.05) is 19.6 Å². The van der Waals surface area contributed by atoms with Gasteiger partial charge in [0.1, 0.15) is 0 Å². The molecule has 0 aromatic rings. The Morgan fingerprint density at radius 1 is 0.857 bits per heavy atom. The molecule has 0 spiro atoms. The summed E-state index contributed by atoms with van der Waals surface area (Å²) in [6.07, 6.45) is 2.72. The van der Waals surface area contributed by atoms with E-state index >= 15 is 0 Å². The molecular weight excluding hydrogens is 272 g/mol. The average Bonchev–Trinajstić information content (AvgIpc) is 3.00. The summed E-state index contributed by atoms with van der Waals surface area (Å²) in [5, 5.41) is 8.52. The molecule has 126 valence electrons. The third-order valence-corrected chi connectivity index (χ3v) is 3.59. The van der Waals surface area contributed by atoms with Crippen LogP contribution >= 0.6 is 0 Å². The Morgan fingerprint density at radius 3 is 2.05 bits per heavy atom. The van der Waals surface area contributed by atoms with E-state index in [2.05, 4.69) is 16.8 Å². The topological polar surface area (TPSA) is 54.4 Å². The van der Waals surface area contributed by atoms with E-state index < -0.39 is 0 Å². The van der Waals surface area contributed by atoms with Gasteiger partial charge in [-0.05, 0) is 33.0 Å². The second-order valence-corrected chi connectivity index (χ2v) is 5.41. The SMILES string of the molecule is CN(CCOCCOCCOCCO)CCN1CCCC1. The van der Waals surface area contributed by atoms with Gasteiger partial charge in [-0.1, -0.05) is 0 Å².